The predicted octanol–water partition coefficient (Wildman–Crippen LogP) is 1.08. The maximum Gasteiger partial charge on any atom is 0.191 e. The lowest BCUT2D eigenvalue weighted by Gasteiger charge is -2.23. The number of thioether (sulfide) groups is 1. The first kappa shape index (κ1) is 12.4. The van der Waals surface area contributed by atoms with Crippen LogP contribution in [0.2, 0.25) is 0 Å². The number of nitrogen functional groups attached to an aromatic ring is 1. The van der Waals surface area contributed by atoms with Crippen LogP contribution in [0, 0.1) is 0 Å². The van der Waals surface area contributed by atoms with Gasteiger partial charge >= 0.3 is 0 Å². The third kappa shape index (κ3) is 3.45. The predicted molar refractivity (Wildman–Crippen MR) is 69.1 cm³/mol. The van der Waals surface area contributed by atoms with Crippen molar-refractivity contribution >= 4 is 23.4 Å². The molecule has 0 unspecified atom stereocenters. The van der Waals surface area contributed by atoms with Crippen molar-refractivity contribution in [2.75, 3.05) is 30.2 Å². The molecule has 1 aromatic rings. The highest BCUT2D eigenvalue weighted by atomic mass is 32.2. The van der Waals surface area contributed by atoms with Crippen LogP contribution in [0.3, 0.4) is 0 Å². The highest BCUT2D eigenvalue weighted by Crippen LogP contribution is 2.19. The number of anilines is 2. The molecule has 1 aliphatic heterocycles. The van der Waals surface area contributed by atoms with Gasteiger partial charge in [0.15, 0.2) is 5.16 Å². The molecule has 7 heteroatoms. The van der Waals surface area contributed by atoms with Crippen LogP contribution in [0.25, 0.3) is 0 Å². The zero-order valence-electron chi connectivity index (χ0n) is 9.77. The first-order valence-electron chi connectivity index (χ1n) is 5.56. The summed E-state index contributed by atoms with van der Waals surface area (Å²) in [4.78, 5) is 8.61. The molecule has 94 valence electrons. The Bertz CT molecular complexity index is 347. The molecule has 2 heterocycles. The fourth-order valence-electron chi connectivity index (χ4n) is 1.72. The van der Waals surface area contributed by atoms with Gasteiger partial charge in [0.1, 0.15) is 11.6 Å². The summed E-state index contributed by atoms with van der Waals surface area (Å²) in [6.07, 6.45) is 3.95. The number of hydrogen-bond donors (Lipinski definition) is 3. The molecule has 0 spiro atoms. The number of aromatic nitrogens is 2. The Morgan fingerprint density at radius 2 is 2.06 bits per heavy atom. The second kappa shape index (κ2) is 6.04. The van der Waals surface area contributed by atoms with Gasteiger partial charge in [-0.3, -0.25) is 0 Å². The standard InChI is InChI=1S/C10H17N5OS/c1-17-10-13-8(6-9(14-10)15-11)12-7-2-4-16-5-3-7/h6-7H,2-5,11H2,1H3,(H2,12,13,14,15). The highest BCUT2D eigenvalue weighted by Gasteiger charge is 2.14. The molecule has 4 N–H and O–H groups in total. The molecule has 1 fully saturated rings. The lowest BCUT2D eigenvalue weighted by Crippen LogP contribution is -2.28. The van der Waals surface area contributed by atoms with Gasteiger partial charge in [-0.2, -0.15) is 0 Å². The van der Waals surface area contributed by atoms with E-state index in [9.17, 15) is 0 Å². The number of nitrogens with two attached hydrogens (primary N) is 1. The highest BCUT2D eigenvalue weighted by molar-refractivity contribution is 7.98. The second-order valence-corrected chi connectivity index (χ2v) is 4.57. The van der Waals surface area contributed by atoms with Crippen LogP contribution in [0.5, 0.6) is 0 Å². The van der Waals surface area contributed by atoms with Crippen LogP contribution < -0.4 is 16.6 Å². The van der Waals surface area contributed by atoms with E-state index < -0.39 is 0 Å². The minimum Gasteiger partial charge on any atom is -0.381 e. The smallest absolute Gasteiger partial charge is 0.191 e. The molecule has 17 heavy (non-hydrogen) atoms. The molecule has 0 aromatic carbocycles. The summed E-state index contributed by atoms with van der Waals surface area (Å²) in [7, 11) is 0. The molecule has 0 amide bonds. The molecule has 1 saturated heterocycles. The third-order valence-electron chi connectivity index (χ3n) is 2.61. The summed E-state index contributed by atoms with van der Waals surface area (Å²) in [6, 6.07) is 2.23. The molecule has 1 aromatic heterocycles. The van der Waals surface area contributed by atoms with Crippen LogP contribution in [0.15, 0.2) is 11.2 Å². The monoisotopic (exact) mass is 255 g/mol. The molecular weight excluding hydrogens is 238 g/mol. The fourth-order valence-corrected chi connectivity index (χ4v) is 2.09. The number of nitrogens with zero attached hydrogens (tertiary/aromatic N) is 2. The molecule has 0 atom stereocenters. The lowest BCUT2D eigenvalue weighted by molar-refractivity contribution is 0.0904. The molecule has 6 nitrogen and oxygen atoms in total. The van der Waals surface area contributed by atoms with Gasteiger partial charge in [-0.05, 0) is 19.1 Å². The number of rotatable bonds is 4. The minimum atomic E-state index is 0.416. The summed E-state index contributed by atoms with van der Waals surface area (Å²) in [5.41, 5.74) is 2.55. The maximum atomic E-state index is 5.38. The quantitative estimate of drug-likeness (QED) is 0.321. The Morgan fingerprint density at radius 1 is 1.35 bits per heavy atom. The average molecular weight is 255 g/mol. The van der Waals surface area contributed by atoms with Crippen LogP contribution in [0.4, 0.5) is 11.6 Å². The van der Waals surface area contributed by atoms with E-state index in [1.807, 2.05) is 12.3 Å². The minimum absolute atomic E-state index is 0.416. The second-order valence-electron chi connectivity index (χ2n) is 3.80. The van der Waals surface area contributed by atoms with Crippen LogP contribution in [-0.2, 0) is 4.74 Å². The largest absolute Gasteiger partial charge is 0.381 e. The normalized spacial score (nSPS) is 16.8. The molecular formula is C10H17N5OS. The first-order valence-corrected chi connectivity index (χ1v) is 6.78. The zero-order chi connectivity index (χ0) is 12.1. The first-order chi connectivity index (χ1) is 8.31. The molecule has 2 rings (SSSR count). The Hall–Kier alpha value is -1.05. The van der Waals surface area contributed by atoms with Crippen LogP contribution in [-0.4, -0.2) is 35.5 Å². The summed E-state index contributed by atoms with van der Waals surface area (Å²) in [6.45, 7) is 1.61. The summed E-state index contributed by atoms with van der Waals surface area (Å²) < 4.78 is 5.32. The van der Waals surface area contributed by atoms with E-state index in [0.717, 1.165) is 31.9 Å². The maximum absolute atomic E-state index is 5.38. The Kier molecular flexibility index (Phi) is 4.41. The van der Waals surface area contributed by atoms with Crippen molar-refractivity contribution < 1.29 is 4.74 Å². The van der Waals surface area contributed by atoms with E-state index in [1.54, 1.807) is 0 Å². The molecule has 0 saturated carbocycles. The van der Waals surface area contributed by atoms with Crippen LogP contribution >= 0.6 is 11.8 Å². The van der Waals surface area contributed by atoms with Gasteiger partial charge in [-0.15, -0.1) is 0 Å². The lowest BCUT2D eigenvalue weighted by atomic mass is 10.1. The van der Waals surface area contributed by atoms with Gasteiger partial charge in [0.2, 0.25) is 0 Å². The zero-order valence-corrected chi connectivity index (χ0v) is 10.6. The van der Waals surface area contributed by atoms with Gasteiger partial charge in [0.05, 0.1) is 0 Å². The number of nitrogens with one attached hydrogen (secondary N) is 2. The van der Waals surface area contributed by atoms with Crippen molar-refractivity contribution in [2.45, 2.75) is 24.0 Å². The van der Waals surface area contributed by atoms with Crippen molar-refractivity contribution in [3.63, 3.8) is 0 Å². The molecule has 0 bridgehead atoms. The number of hydrazine groups is 1. The van der Waals surface area contributed by atoms with E-state index in [4.69, 9.17) is 10.6 Å². The van der Waals surface area contributed by atoms with E-state index in [-0.39, 0.29) is 0 Å². The summed E-state index contributed by atoms with van der Waals surface area (Å²) in [5, 5.41) is 4.09. The van der Waals surface area contributed by atoms with Gasteiger partial charge in [0.25, 0.3) is 0 Å². The Balaban J connectivity index is 2.07. The average Bonchev–Trinajstić information content (AvgIpc) is 2.39. The molecule has 0 radical (unpaired) electrons. The number of hydrogen-bond acceptors (Lipinski definition) is 7. The van der Waals surface area contributed by atoms with Gasteiger partial charge in [-0.1, -0.05) is 11.8 Å². The SMILES string of the molecule is CSc1nc(NN)cc(NC2CCOCC2)n1. The van der Waals surface area contributed by atoms with Crippen LogP contribution in [0.1, 0.15) is 12.8 Å². The summed E-state index contributed by atoms with van der Waals surface area (Å²) >= 11 is 1.49. The van der Waals surface area contributed by atoms with E-state index in [2.05, 4.69) is 20.7 Å². The van der Waals surface area contributed by atoms with E-state index >= 15 is 0 Å². The Labute approximate surface area is 105 Å². The van der Waals surface area contributed by atoms with Crippen molar-refractivity contribution in [2.24, 2.45) is 5.84 Å². The molecule has 0 aliphatic carbocycles. The van der Waals surface area contributed by atoms with Crippen molar-refractivity contribution in [3.05, 3.63) is 6.07 Å². The fraction of sp³-hybridized carbons (Fsp3) is 0.600. The van der Waals surface area contributed by atoms with Gasteiger partial charge in [-0.25, -0.2) is 15.8 Å². The third-order valence-corrected chi connectivity index (χ3v) is 3.16. The summed E-state index contributed by atoms with van der Waals surface area (Å²) in [5.74, 6) is 6.81. The van der Waals surface area contributed by atoms with E-state index in [0.29, 0.717) is 17.0 Å². The number of ether oxygens (including phenoxy) is 1. The Morgan fingerprint density at radius 3 is 2.71 bits per heavy atom. The van der Waals surface area contributed by atoms with Crippen molar-refractivity contribution in [1.29, 1.82) is 0 Å². The van der Waals surface area contributed by atoms with E-state index in [1.165, 1.54) is 11.8 Å². The van der Waals surface area contributed by atoms with Crippen molar-refractivity contribution in [1.82, 2.24) is 9.97 Å². The van der Waals surface area contributed by atoms with Gasteiger partial charge in [0, 0.05) is 25.3 Å². The van der Waals surface area contributed by atoms with Gasteiger partial charge < -0.3 is 15.5 Å². The topological polar surface area (TPSA) is 85.1 Å². The molecule has 1 aliphatic rings. The van der Waals surface area contributed by atoms with Crippen molar-refractivity contribution in [3.8, 4) is 0 Å².